The van der Waals surface area contributed by atoms with Crippen molar-refractivity contribution in [2.75, 3.05) is 13.2 Å². The van der Waals surface area contributed by atoms with Crippen molar-refractivity contribution < 1.29 is 19.0 Å². The molecule has 1 aliphatic heterocycles. The van der Waals surface area contributed by atoms with Crippen LogP contribution in [0.5, 0.6) is 0 Å². The number of carbonyl (C=O) groups is 1. The lowest BCUT2D eigenvalue weighted by molar-refractivity contribution is -0.121. The number of ether oxygens (including phenoxy) is 3. The molecule has 126 valence electrons. The Labute approximate surface area is 132 Å². The third-order valence-electron chi connectivity index (χ3n) is 4.22. The van der Waals surface area contributed by atoms with E-state index in [1.165, 1.54) is 6.92 Å². The van der Waals surface area contributed by atoms with E-state index in [0.29, 0.717) is 19.6 Å². The first-order valence-electron chi connectivity index (χ1n) is 8.17. The first-order valence-corrected chi connectivity index (χ1v) is 8.17. The molecule has 1 saturated heterocycles. The van der Waals surface area contributed by atoms with Gasteiger partial charge in [-0.1, -0.05) is 13.8 Å². The molecule has 3 N–H and O–H groups in total. The molecule has 0 spiro atoms. The van der Waals surface area contributed by atoms with Crippen molar-refractivity contribution in [2.24, 2.45) is 5.73 Å². The van der Waals surface area contributed by atoms with Crippen LogP contribution >= 0.6 is 0 Å². The van der Waals surface area contributed by atoms with Crippen LogP contribution in [0, 0.1) is 0 Å². The van der Waals surface area contributed by atoms with Crippen LogP contribution < -0.4 is 11.1 Å². The second-order valence-electron chi connectivity index (χ2n) is 5.95. The first-order chi connectivity index (χ1) is 10.5. The molecule has 0 aromatic carbocycles. The standard InChI is InChI=1S/C16H28N2O4/c1-4-12(5-2)22-14-9-11(16-20-6-7-21-16)8-13(17)15(14)18-10(3)19/h9,12-16H,4-8,17H2,1-3H3,(H,18,19)/t13-,14+,15+/m0/s1. The molecule has 1 amide bonds. The Morgan fingerprint density at radius 1 is 1.41 bits per heavy atom. The Kier molecular flexibility index (Phi) is 6.37. The average molecular weight is 312 g/mol. The summed E-state index contributed by atoms with van der Waals surface area (Å²) >= 11 is 0. The summed E-state index contributed by atoms with van der Waals surface area (Å²) in [5.74, 6) is -0.0937. The van der Waals surface area contributed by atoms with Gasteiger partial charge < -0.3 is 25.3 Å². The van der Waals surface area contributed by atoms with Crippen LogP contribution in [0.25, 0.3) is 0 Å². The van der Waals surface area contributed by atoms with E-state index in [4.69, 9.17) is 19.9 Å². The summed E-state index contributed by atoms with van der Waals surface area (Å²) in [4.78, 5) is 11.5. The van der Waals surface area contributed by atoms with Gasteiger partial charge in [-0.2, -0.15) is 0 Å². The lowest BCUT2D eigenvalue weighted by Crippen LogP contribution is -2.57. The molecule has 1 aliphatic carbocycles. The molecule has 0 aromatic heterocycles. The highest BCUT2D eigenvalue weighted by Crippen LogP contribution is 2.28. The number of nitrogens with two attached hydrogens (primary N) is 1. The van der Waals surface area contributed by atoms with Crippen molar-refractivity contribution in [1.82, 2.24) is 5.32 Å². The second-order valence-corrected chi connectivity index (χ2v) is 5.95. The van der Waals surface area contributed by atoms with Gasteiger partial charge in [0.05, 0.1) is 31.5 Å². The molecule has 0 saturated carbocycles. The van der Waals surface area contributed by atoms with E-state index in [0.717, 1.165) is 18.4 Å². The molecule has 22 heavy (non-hydrogen) atoms. The lowest BCUT2D eigenvalue weighted by Gasteiger charge is -2.37. The Bertz CT molecular complexity index is 403. The predicted molar refractivity (Wildman–Crippen MR) is 83.2 cm³/mol. The zero-order valence-electron chi connectivity index (χ0n) is 13.7. The second kappa shape index (κ2) is 8.06. The minimum atomic E-state index is -0.322. The molecule has 6 heteroatoms. The summed E-state index contributed by atoms with van der Waals surface area (Å²) in [6, 6.07) is -0.431. The topological polar surface area (TPSA) is 82.8 Å². The van der Waals surface area contributed by atoms with Crippen LogP contribution in [0.4, 0.5) is 0 Å². The molecule has 0 unspecified atom stereocenters. The van der Waals surface area contributed by atoms with Crippen molar-refractivity contribution >= 4 is 5.91 Å². The number of rotatable bonds is 6. The fourth-order valence-electron chi connectivity index (χ4n) is 3.02. The van der Waals surface area contributed by atoms with E-state index in [1.807, 2.05) is 6.08 Å². The molecule has 1 fully saturated rings. The highest BCUT2D eigenvalue weighted by molar-refractivity contribution is 5.73. The molecule has 2 rings (SSSR count). The third-order valence-corrected chi connectivity index (χ3v) is 4.22. The molecule has 0 aromatic rings. The molecular weight excluding hydrogens is 284 g/mol. The minimum absolute atomic E-state index is 0.0937. The summed E-state index contributed by atoms with van der Waals surface area (Å²) in [6.45, 7) is 6.90. The summed E-state index contributed by atoms with van der Waals surface area (Å²) in [5, 5.41) is 2.93. The molecule has 1 heterocycles. The van der Waals surface area contributed by atoms with Crippen molar-refractivity contribution in [1.29, 1.82) is 0 Å². The van der Waals surface area contributed by atoms with Gasteiger partial charge in [0, 0.05) is 13.0 Å². The van der Waals surface area contributed by atoms with E-state index in [9.17, 15) is 4.79 Å². The Morgan fingerprint density at radius 3 is 2.59 bits per heavy atom. The van der Waals surface area contributed by atoms with Crippen molar-refractivity contribution in [3.05, 3.63) is 11.6 Å². The molecule has 6 nitrogen and oxygen atoms in total. The van der Waals surface area contributed by atoms with E-state index < -0.39 is 0 Å². The minimum Gasteiger partial charge on any atom is -0.369 e. The van der Waals surface area contributed by atoms with Crippen LogP contribution in [0.3, 0.4) is 0 Å². The summed E-state index contributed by atoms with van der Waals surface area (Å²) in [6.07, 6.45) is 4.09. The van der Waals surface area contributed by atoms with Gasteiger partial charge in [0.25, 0.3) is 0 Å². The van der Waals surface area contributed by atoms with Gasteiger partial charge in [0.15, 0.2) is 6.29 Å². The van der Waals surface area contributed by atoms with Gasteiger partial charge in [-0.15, -0.1) is 0 Å². The Morgan fingerprint density at radius 2 is 2.05 bits per heavy atom. The van der Waals surface area contributed by atoms with Crippen molar-refractivity contribution in [3.8, 4) is 0 Å². The third kappa shape index (κ3) is 4.29. The zero-order chi connectivity index (χ0) is 16.1. The van der Waals surface area contributed by atoms with Gasteiger partial charge in [-0.25, -0.2) is 0 Å². The summed E-state index contributed by atoms with van der Waals surface area (Å²) in [5.41, 5.74) is 7.30. The predicted octanol–water partition coefficient (Wildman–Crippen LogP) is 1.10. The molecule has 0 radical (unpaired) electrons. The zero-order valence-corrected chi connectivity index (χ0v) is 13.7. The van der Waals surface area contributed by atoms with Crippen LogP contribution in [-0.2, 0) is 19.0 Å². The SMILES string of the molecule is CCC(CC)O[C@@H]1C=C(C2OCCO2)C[C@H](N)[C@H]1NC(C)=O. The summed E-state index contributed by atoms with van der Waals surface area (Å²) < 4.78 is 17.3. The van der Waals surface area contributed by atoms with E-state index in [1.54, 1.807) is 0 Å². The first kappa shape index (κ1) is 17.4. The van der Waals surface area contributed by atoms with Crippen LogP contribution in [0.1, 0.15) is 40.0 Å². The maximum atomic E-state index is 11.5. The highest BCUT2D eigenvalue weighted by Gasteiger charge is 2.36. The van der Waals surface area contributed by atoms with Gasteiger partial charge in [-0.05, 0) is 30.9 Å². The highest BCUT2D eigenvalue weighted by atomic mass is 16.7. The Balaban J connectivity index is 2.17. The molecule has 3 atom stereocenters. The number of hydrogen-bond acceptors (Lipinski definition) is 5. The van der Waals surface area contributed by atoms with Crippen LogP contribution in [0.2, 0.25) is 0 Å². The van der Waals surface area contributed by atoms with E-state index in [2.05, 4.69) is 19.2 Å². The molecule has 0 bridgehead atoms. The van der Waals surface area contributed by atoms with Gasteiger partial charge >= 0.3 is 0 Å². The maximum absolute atomic E-state index is 11.5. The largest absolute Gasteiger partial charge is 0.369 e. The molecule has 2 aliphatic rings. The van der Waals surface area contributed by atoms with E-state index >= 15 is 0 Å². The smallest absolute Gasteiger partial charge is 0.217 e. The number of carbonyl (C=O) groups excluding carboxylic acids is 1. The average Bonchev–Trinajstić information content (AvgIpc) is 3.01. The maximum Gasteiger partial charge on any atom is 0.217 e. The van der Waals surface area contributed by atoms with Gasteiger partial charge in [-0.3, -0.25) is 4.79 Å². The van der Waals surface area contributed by atoms with Gasteiger partial charge in [0.1, 0.15) is 0 Å². The van der Waals surface area contributed by atoms with Crippen LogP contribution in [0.15, 0.2) is 11.6 Å². The van der Waals surface area contributed by atoms with Gasteiger partial charge in [0.2, 0.25) is 5.91 Å². The van der Waals surface area contributed by atoms with Crippen LogP contribution in [-0.4, -0.2) is 49.7 Å². The molecular formula is C16H28N2O4. The normalized spacial score (nSPS) is 29.7. The Hall–Kier alpha value is -0.950. The number of amides is 1. The fraction of sp³-hybridized carbons (Fsp3) is 0.812. The lowest BCUT2D eigenvalue weighted by atomic mass is 9.88. The summed E-state index contributed by atoms with van der Waals surface area (Å²) in [7, 11) is 0. The van der Waals surface area contributed by atoms with E-state index in [-0.39, 0.29) is 36.5 Å². The monoisotopic (exact) mass is 312 g/mol. The van der Waals surface area contributed by atoms with Crippen molar-refractivity contribution in [3.63, 3.8) is 0 Å². The number of hydrogen-bond donors (Lipinski definition) is 2. The number of nitrogens with one attached hydrogen (secondary N) is 1. The quantitative estimate of drug-likeness (QED) is 0.718. The fourth-order valence-corrected chi connectivity index (χ4v) is 3.02. The van der Waals surface area contributed by atoms with Crippen molar-refractivity contribution in [2.45, 2.75) is 70.6 Å².